The highest BCUT2D eigenvalue weighted by Crippen LogP contribution is 2.16. The monoisotopic (exact) mass is 301 g/mol. The van der Waals surface area contributed by atoms with Crippen LogP contribution in [0.15, 0.2) is 23.1 Å². The molecule has 6 nitrogen and oxygen atoms in total. The van der Waals surface area contributed by atoms with Gasteiger partial charge in [0.15, 0.2) is 0 Å². The van der Waals surface area contributed by atoms with Gasteiger partial charge in [0.25, 0.3) is 0 Å². The number of sulfonamides is 1. The summed E-state index contributed by atoms with van der Waals surface area (Å²) in [6.45, 7) is 4.63. The lowest BCUT2D eigenvalue weighted by Crippen LogP contribution is -2.16. The molecule has 0 heterocycles. The largest absolute Gasteiger partial charge is 0.460 e. The minimum Gasteiger partial charge on any atom is -0.460 e. The maximum absolute atomic E-state index is 11.8. The molecule has 0 bridgehead atoms. The van der Waals surface area contributed by atoms with Gasteiger partial charge in [-0.2, -0.15) is 0 Å². The molecule has 1 aromatic carbocycles. The number of ether oxygens (including phenoxy) is 2. The molecule has 0 spiro atoms. The minimum atomic E-state index is -3.85. The van der Waals surface area contributed by atoms with Gasteiger partial charge in [0.05, 0.1) is 17.1 Å². The fourth-order valence-electron chi connectivity index (χ4n) is 1.56. The van der Waals surface area contributed by atoms with Crippen LogP contribution in [0.4, 0.5) is 0 Å². The molecule has 7 heteroatoms. The maximum atomic E-state index is 11.8. The van der Waals surface area contributed by atoms with Crippen molar-refractivity contribution in [1.82, 2.24) is 0 Å². The van der Waals surface area contributed by atoms with Crippen LogP contribution >= 0.6 is 0 Å². The van der Waals surface area contributed by atoms with Crippen LogP contribution in [0.1, 0.15) is 29.3 Å². The number of carbonyl (C=O) groups excluding carboxylic acids is 1. The Morgan fingerprint density at radius 3 is 2.55 bits per heavy atom. The third kappa shape index (κ3) is 4.92. The fraction of sp³-hybridized carbons (Fsp3) is 0.462. The van der Waals surface area contributed by atoms with Crippen LogP contribution in [0.5, 0.6) is 0 Å². The standard InChI is InChI=1S/C13H19NO5S/c1-3-6-18-7-8-19-13(15)11-5-4-10(2)12(9-11)20(14,16)17/h4-5,9H,3,6-8H2,1-2H3,(H2,14,16,17). The van der Waals surface area contributed by atoms with Gasteiger partial charge < -0.3 is 9.47 Å². The molecule has 0 radical (unpaired) electrons. The number of carbonyl (C=O) groups is 1. The third-order valence-corrected chi connectivity index (χ3v) is 3.59. The van der Waals surface area contributed by atoms with Gasteiger partial charge in [0, 0.05) is 6.61 Å². The average Bonchev–Trinajstić information content (AvgIpc) is 2.37. The fourth-order valence-corrected chi connectivity index (χ4v) is 2.36. The smallest absolute Gasteiger partial charge is 0.338 e. The lowest BCUT2D eigenvalue weighted by molar-refractivity contribution is 0.0318. The van der Waals surface area contributed by atoms with Gasteiger partial charge >= 0.3 is 5.97 Å². The second-order valence-electron chi connectivity index (χ2n) is 4.27. The maximum Gasteiger partial charge on any atom is 0.338 e. The number of hydrogen-bond donors (Lipinski definition) is 1. The summed E-state index contributed by atoms with van der Waals surface area (Å²) in [5.41, 5.74) is 0.630. The van der Waals surface area contributed by atoms with E-state index >= 15 is 0 Å². The second-order valence-corrected chi connectivity index (χ2v) is 5.80. The van der Waals surface area contributed by atoms with Crippen LogP contribution in [0.25, 0.3) is 0 Å². The Hall–Kier alpha value is -1.44. The summed E-state index contributed by atoms with van der Waals surface area (Å²) in [4.78, 5) is 11.7. The van der Waals surface area contributed by atoms with E-state index in [1.165, 1.54) is 18.2 Å². The highest BCUT2D eigenvalue weighted by molar-refractivity contribution is 7.89. The van der Waals surface area contributed by atoms with Gasteiger partial charge in [0.2, 0.25) is 10.0 Å². The van der Waals surface area contributed by atoms with Crippen molar-refractivity contribution in [3.05, 3.63) is 29.3 Å². The van der Waals surface area contributed by atoms with Gasteiger partial charge in [0.1, 0.15) is 6.61 Å². The molecule has 0 fully saturated rings. The number of primary sulfonamides is 1. The summed E-state index contributed by atoms with van der Waals surface area (Å²) < 4.78 is 32.9. The molecule has 0 aliphatic heterocycles. The number of hydrogen-bond acceptors (Lipinski definition) is 5. The molecule has 1 rings (SSSR count). The number of nitrogens with two attached hydrogens (primary N) is 1. The molecular weight excluding hydrogens is 282 g/mol. The molecule has 0 aliphatic rings. The lowest BCUT2D eigenvalue weighted by atomic mass is 10.1. The van der Waals surface area contributed by atoms with Crippen molar-refractivity contribution >= 4 is 16.0 Å². The number of rotatable bonds is 7. The molecule has 112 valence electrons. The Bertz CT molecular complexity index is 568. The van der Waals surface area contributed by atoms with Gasteiger partial charge in [-0.1, -0.05) is 13.0 Å². The third-order valence-electron chi connectivity index (χ3n) is 2.54. The average molecular weight is 301 g/mol. The quantitative estimate of drug-likeness (QED) is 0.603. The van der Waals surface area contributed by atoms with E-state index in [9.17, 15) is 13.2 Å². The van der Waals surface area contributed by atoms with E-state index in [1.54, 1.807) is 6.92 Å². The first kappa shape index (κ1) is 16.6. The van der Waals surface area contributed by atoms with Gasteiger partial charge in [-0.25, -0.2) is 18.4 Å². The molecular formula is C13H19NO5S. The van der Waals surface area contributed by atoms with E-state index in [4.69, 9.17) is 14.6 Å². The Labute approximate surface area is 118 Å². The van der Waals surface area contributed by atoms with Crippen molar-refractivity contribution in [3.8, 4) is 0 Å². The van der Waals surface area contributed by atoms with Gasteiger partial charge in [-0.3, -0.25) is 0 Å². The van der Waals surface area contributed by atoms with Crippen LogP contribution < -0.4 is 5.14 Å². The van der Waals surface area contributed by atoms with E-state index in [0.29, 0.717) is 18.8 Å². The normalized spacial score (nSPS) is 11.3. The van der Waals surface area contributed by atoms with Crippen molar-refractivity contribution in [2.45, 2.75) is 25.2 Å². The van der Waals surface area contributed by atoms with Crippen molar-refractivity contribution in [1.29, 1.82) is 0 Å². The highest BCUT2D eigenvalue weighted by atomic mass is 32.2. The molecule has 0 aromatic heterocycles. The lowest BCUT2D eigenvalue weighted by Gasteiger charge is -2.08. The zero-order valence-electron chi connectivity index (χ0n) is 11.6. The molecule has 1 aromatic rings. The van der Waals surface area contributed by atoms with E-state index in [0.717, 1.165) is 6.42 Å². The molecule has 0 saturated heterocycles. The van der Waals surface area contributed by atoms with E-state index in [2.05, 4.69) is 0 Å². The number of esters is 1. The first-order valence-corrected chi connectivity index (χ1v) is 7.79. The first-order valence-electron chi connectivity index (χ1n) is 6.24. The van der Waals surface area contributed by atoms with Crippen LogP contribution in [0.2, 0.25) is 0 Å². The summed E-state index contributed by atoms with van der Waals surface area (Å²) in [6, 6.07) is 4.24. The zero-order chi connectivity index (χ0) is 15.2. The Morgan fingerprint density at radius 1 is 1.25 bits per heavy atom. The van der Waals surface area contributed by atoms with Crippen LogP contribution in [-0.4, -0.2) is 34.2 Å². The Balaban J connectivity index is 2.70. The van der Waals surface area contributed by atoms with Crippen molar-refractivity contribution in [2.75, 3.05) is 19.8 Å². The van der Waals surface area contributed by atoms with Crippen molar-refractivity contribution in [3.63, 3.8) is 0 Å². The van der Waals surface area contributed by atoms with Crippen LogP contribution in [-0.2, 0) is 19.5 Å². The molecule has 0 atom stereocenters. The number of aryl methyl sites for hydroxylation is 1. The van der Waals surface area contributed by atoms with E-state index in [-0.39, 0.29) is 17.1 Å². The topological polar surface area (TPSA) is 95.7 Å². The van der Waals surface area contributed by atoms with Crippen molar-refractivity contribution in [2.24, 2.45) is 5.14 Å². The molecule has 0 unspecified atom stereocenters. The summed E-state index contributed by atoms with van der Waals surface area (Å²) in [5, 5.41) is 5.08. The van der Waals surface area contributed by atoms with Gasteiger partial charge in [-0.05, 0) is 31.0 Å². The predicted molar refractivity (Wildman–Crippen MR) is 73.9 cm³/mol. The van der Waals surface area contributed by atoms with Crippen molar-refractivity contribution < 1.29 is 22.7 Å². The summed E-state index contributed by atoms with van der Waals surface area (Å²) in [6.07, 6.45) is 0.892. The second kappa shape index (κ2) is 7.37. The molecule has 20 heavy (non-hydrogen) atoms. The van der Waals surface area contributed by atoms with Gasteiger partial charge in [-0.15, -0.1) is 0 Å². The van der Waals surface area contributed by atoms with E-state index < -0.39 is 16.0 Å². The first-order chi connectivity index (χ1) is 9.36. The summed E-state index contributed by atoms with van der Waals surface area (Å²) in [7, 11) is -3.85. The molecule has 0 amide bonds. The summed E-state index contributed by atoms with van der Waals surface area (Å²) >= 11 is 0. The zero-order valence-corrected chi connectivity index (χ0v) is 12.4. The molecule has 0 saturated carbocycles. The molecule has 0 aliphatic carbocycles. The van der Waals surface area contributed by atoms with Crippen LogP contribution in [0.3, 0.4) is 0 Å². The summed E-state index contributed by atoms with van der Waals surface area (Å²) in [5.74, 6) is -0.602. The predicted octanol–water partition coefficient (Wildman–Crippen LogP) is 1.23. The minimum absolute atomic E-state index is 0.0748. The van der Waals surface area contributed by atoms with Crippen LogP contribution in [0, 0.1) is 6.92 Å². The highest BCUT2D eigenvalue weighted by Gasteiger charge is 2.15. The van der Waals surface area contributed by atoms with E-state index in [1.807, 2.05) is 6.92 Å². The molecule has 2 N–H and O–H groups in total. The number of benzene rings is 1. The Kier molecular flexibility index (Phi) is 6.12. The Morgan fingerprint density at radius 2 is 1.95 bits per heavy atom. The SMILES string of the molecule is CCCOCCOC(=O)c1ccc(C)c(S(N)(=O)=O)c1.